The number of hydrogen-bond donors (Lipinski definition) is 3. The van der Waals surface area contributed by atoms with Crippen LogP contribution in [0.5, 0.6) is 11.5 Å². The highest BCUT2D eigenvalue weighted by Gasteiger charge is 2.33. The van der Waals surface area contributed by atoms with Gasteiger partial charge >= 0.3 is 12.1 Å². The van der Waals surface area contributed by atoms with E-state index in [-0.39, 0.29) is 28.8 Å². The number of ether oxygens (including phenoxy) is 1. The maximum Gasteiger partial charge on any atom is 0.416 e. The van der Waals surface area contributed by atoms with E-state index in [0.717, 1.165) is 16.7 Å². The number of nitriles is 1. The number of carboxylic acids is 1. The number of halogens is 3. The third-order valence-electron chi connectivity index (χ3n) is 5.28. The minimum atomic E-state index is -4.54. The number of amides is 1. The zero-order valence-electron chi connectivity index (χ0n) is 17.0. The van der Waals surface area contributed by atoms with Gasteiger partial charge in [0.05, 0.1) is 29.3 Å². The molecule has 1 unspecified atom stereocenters. The highest BCUT2D eigenvalue weighted by molar-refractivity contribution is 6.04. The van der Waals surface area contributed by atoms with Crippen molar-refractivity contribution in [2.45, 2.75) is 18.8 Å². The number of aromatic hydroxyl groups is 1. The first kappa shape index (κ1) is 22.7. The van der Waals surface area contributed by atoms with Crippen LogP contribution in [0.3, 0.4) is 0 Å². The summed E-state index contributed by atoms with van der Waals surface area (Å²) in [7, 11) is 0. The topological polar surface area (TPSA) is 142 Å². The Labute approximate surface area is 188 Å². The molecule has 1 aromatic heterocycles. The summed E-state index contributed by atoms with van der Waals surface area (Å²) in [6.45, 7) is -1.03. The Bertz CT molecular complexity index is 1440. The summed E-state index contributed by atoms with van der Waals surface area (Å²) in [5, 5.41) is 30.7. The molecule has 174 valence electrons. The van der Waals surface area contributed by atoms with Crippen LogP contribution in [0.15, 0.2) is 41.2 Å². The van der Waals surface area contributed by atoms with Gasteiger partial charge in [0.15, 0.2) is 0 Å². The number of alkyl halides is 3. The van der Waals surface area contributed by atoms with Gasteiger partial charge in [0, 0.05) is 11.5 Å². The Kier molecular flexibility index (Phi) is 5.40. The summed E-state index contributed by atoms with van der Waals surface area (Å²) in [5.41, 5.74) is -2.17. The lowest BCUT2D eigenvalue weighted by Gasteiger charge is -2.29. The van der Waals surface area contributed by atoms with Gasteiger partial charge in [-0.05, 0) is 23.8 Å². The van der Waals surface area contributed by atoms with Crippen LogP contribution in [0, 0.1) is 11.3 Å². The molecule has 1 aliphatic heterocycles. The second-order valence-corrected chi connectivity index (χ2v) is 7.42. The Morgan fingerprint density at radius 3 is 2.50 bits per heavy atom. The molecule has 12 heteroatoms. The molecule has 0 saturated carbocycles. The summed E-state index contributed by atoms with van der Waals surface area (Å²) in [6.07, 6.45) is -5.50. The zero-order chi connectivity index (χ0) is 24.8. The van der Waals surface area contributed by atoms with E-state index in [4.69, 9.17) is 9.84 Å². The number of carbonyl (C=O) groups is 2. The molecule has 9 nitrogen and oxygen atoms in total. The van der Waals surface area contributed by atoms with E-state index in [1.54, 1.807) is 0 Å². The van der Waals surface area contributed by atoms with Crippen LogP contribution in [0.4, 0.5) is 13.2 Å². The van der Waals surface area contributed by atoms with E-state index < -0.39 is 53.1 Å². The zero-order valence-corrected chi connectivity index (χ0v) is 17.0. The minimum absolute atomic E-state index is 0.00934. The smallest absolute Gasteiger partial charge is 0.416 e. The second-order valence-electron chi connectivity index (χ2n) is 7.42. The lowest BCUT2D eigenvalue weighted by molar-refractivity contribution is -0.138. The fourth-order valence-corrected chi connectivity index (χ4v) is 3.73. The molecular weight excluding hydrogens is 459 g/mol. The van der Waals surface area contributed by atoms with Crippen molar-refractivity contribution in [2.75, 3.05) is 6.54 Å². The first-order valence-electron chi connectivity index (χ1n) is 9.68. The number of aliphatic carboxylic acids is 1. The maximum absolute atomic E-state index is 13.1. The lowest BCUT2D eigenvalue weighted by Crippen LogP contribution is -2.38. The molecule has 2 heterocycles. The molecule has 0 aliphatic carbocycles. The standard InChI is InChI=1S/C22H14F3N3O6/c23-22(24,25)12-3-1-11(2-4-12)15-9-28-18-13(5-10(7-26)6-14(18)34-15)19(31)17(21(28)33)20(32)27-8-16(29)30/h1-6,15,31H,8-9H2,(H,27,32)(H,29,30). The third kappa shape index (κ3) is 3.88. The van der Waals surface area contributed by atoms with Crippen LogP contribution in [-0.4, -0.2) is 33.2 Å². The van der Waals surface area contributed by atoms with E-state index in [9.17, 15) is 37.9 Å². The Morgan fingerprint density at radius 1 is 1.24 bits per heavy atom. The molecule has 0 bridgehead atoms. The molecule has 34 heavy (non-hydrogen) atoms. The van der Waals surface area contributed by atoms with Crippen LogP contribution in [-0.2, 0) is 17.5 Å². The first-order chi connectivity index (χ1) is 16.0. The van der Waals surface area contributed by atoms with Crippen molar-refractivity contribution in [3.05, 3.63) is 69.0 Å². The maximum atomic E-state index is 13.1. The highest BCUT2D eigenvalue weighted by Crippen LogP contribution is 2.40. The average Bonchev–Trinajstić information content (AvgIpc) is 2.79. The first-order valence-corrected chi connectivity index (χ1v) is 9.68. The van der Waals surface area contributed by atoms with Gasteiger partial charge in [-0.3, -0.25) is 19.0 Å². The van der Waals surface area contributed by atoms with Gasteiger partial charge in [0.25, 0.3) is 11.5 Å². The van der Waals surface area contributed by atoms with Crippen molar-refractivity contribution in [1.29, 1.82) is 5.26 Å². The number of nitrogens with zero attached hydrogens (tertiary/aromatic N) is 2. The average molecular weight is 473 g/mol. The van der Waals surface area contributed by atoms with E-state index in [0.29, 0.717) is 5.56 Å². The number of benzene rings is 2. The van der Waals surface area contributed by atoms with Gasteiger partial charge < -0.3 is 20.3 Å². The van der Waals surface area contributed by atoms with Gasteiger partial charge in [-0.1, -0.05) is 12.1 Å². The molecule has 1 amide bonds. The van der Waals surface area contributed by atoms with E-state index in [1.807, 2.05) is 11.4 Å². The number of carboxylic acid groups (broad SMARTS) is 1. The number of pyridine rings is 1. The molecule has 1 aliphatic rings. The number of hydrogen-bond acceptors (Lipinski definition) is 6. The van der Waals surface area contributed by atoms with Crippen molar-refractivity contribution < 1.29 is 37.7 Å². The third-order valence-corrected chi connectivity index (χ3v) is 5.28. The van der Waals surface area contributed by atoms with E-state index >= 15 is 0 Å². The number of nitrogens with one attached hydrogen (secondary N) is 1. The van der Waals surface area contributed by atoms with Crippen LogP contribution in [0.2, 0.25) is 0 Å². The molecule has 3 N–H and O–H groups in total. The number of aromatic nitrogens is 1. The summed E-state index contributed by atoms with van der Waals surface area (Å²) in [4.78, 5) is 36.4. The molecule has 1 atom stereocenters. The van der Waals surface area contributed by atoms with Gasteiger partial charge in [-0.2, -0.15) is 18.4 Å². The van der Waals surface area contributed by atoms with Crippen molar-refractivity contribution in [3.8, 4) is 17.6 Å². The highest BCUT2D eigenvalue weighted by atomic mass is 19.4. The van der Waals surface area contributed by atoms with Gasteiger partial charge in [-0.25, -0.2) is 0 Å². The van der Waals surface area contributed by atoms with E-state index in [2.05, 4.69) is 0 Å². The summed E-state index contributed by atoms with van der Waals surface area (Å²) >= 11 is 0. The SMILES string of the molecule is N#Cc1cc2c3c(c1)c(O)c(C(=O)NCC(=O)O)c(=O)n3CC(c1ccc(C(F)(F)F)cc1)O2. The van der Waals surface area contributed by atoms with Crippen molar-refractivity contribution >= 4 is 22.8 Å². The normalized spacial score (nSPS) is 14.8. The van der Waals surface area contributed by atoms with Crippen LogP contribution < -0.4 is 15.6 Å². The Balaban J connectivity index is 1.86. The van der Waals surface area contributed by atoms with Gasteiger partial charge in [0.2, 0.25) is 0 Å². The fraction of sp³-hybridized carbons (Fsp3) is 0.182. The van der Waals surface area contributed by atoms with Crippen molar-refractivity contribution in [1.82, 2.24) is 9.88 Å². The Hall–Kier alpha value is -4.53. The van der Waals surface area contributed by atoms with Gasteiger partial charge in [0.1, 0.15) is 29.7 Å². The molecule has 0 radical (unpaired) electrons. The summed E-state index contributed by atoms with van der Waals surface area (Å²) in [6, 6.07) is 8.51. The molecule has 4 rings (SSSR count). The molecule has 2 aromatic carbocycles. The lowest BCUT2D eigenvalue weighted by atomic mass is 10.0. The predicted octanol–water partition coefficient (Wildman–Crippen LogP) is 2.55. The second kappa shape index (κ2) is 8.11. The quantitative estimate of drug-likeness (QED) is 0.529. The molecule has 0 spiro atoms. The van der Waals surface area contributed by atoms with Crippen molar-refractivity contribution in [3.63, 3.8) is 0 Å². The molecule has 3 aromatic rings. The van der Waals surface area contributed by atoms with Gasteiger partial charge in [-0.15, -0.1) is 0 Å². The Morgan fingerprint density at radius 2 is 1.91 bits per heavy atom. The van der Waals surface area contributed by atoms with E-state index in [1.165, 1.54) is 24.3 Å². The molecular formula is C22H14F3N3O6. The number of rotatable bonds is 4. The van der Waals surface area contributed by atoms with Crippen molar-refractivity contribution in [2.24, 2.45) is 0 Å². The number of carbonyl (C=O) groups excluding carboxylic acids is 1. The van der Waals surface area contributed by atoms with Crippen LogP contribution in [0.1, 0.15) is 33.2 Å². The molecule has 0 fully saturated rings. The predicted molar refractivity (Wildman–Crippen MR) is 109 cm³/mol. The molecule has 0 saturated heterocycles. The largest absolute Gasteiger partial charge is 0.506 e. The van der Waals surface area contributed by atoms with Crippen LogP contribution in [0.25, 0.3) is 10.9 Å². The summed E-state index contributed by atoms with van der Waals surface area (Å²) < 4.78 is 45.7. The fourth-order valence-electron chi connectivity index (χ4n) is 3.73. The summed E-state index contributed by atoms with van der Waals surface area (Å²) in [5.74, 6) is -3.26. The minimum Gasteiger partial charge on any atom is -0.506 e. The van der Waals surface area contributed by atoms with Crippen LogP contribution >= 0.6 is 0 Å². The monoisotopic (exact) mass is 473 g/mol.